The lowest BCUT2D eigenvalue weighted by molar-refractivity contribution is -0.126. The van der Waals surface area contributed by atoms with Crippen LogP contribution in [0.15, 0.2) is 54.6 Å². The maximum atomic E-state index is 12.9. The van der Waals surface area contributed by atoms with Crippen LogP contribution in [0.2, 0.25) is 0 Å². The van der Waals surface area contributed by atoms with Gasteiger partial charge in [-0.2, -0.15) is 5.10 Å². The summed E-state index contributed by atoms with van der Waals surface area (Å²) < 4.78 is 7.35. The van der Waals surface area contributed by atoms with Crippen LogP contribution in [-0.4, -0.2) is 26.5 Å². The predicted molar refractivity (Wildman–Crippen MR) is 111 cm³/mol. The number of aromatic nitrogens is 2. The van der Waals surface area contributed by atoms with Gasteiger partial charge in [-0.1, -0.05) is 36.8 Å². The first-order valence-electron chi connectivity index (χ1n) is 9.56. The zero-order valence-corrected chi connectivity index (χ0v) is 17.2. The summed E-state index contributed by atoms with van der Waals surface area (Å²) in [6, 6.07) is 16.9. The Hall–Kier alpha value is -3.41. The molecule has 2 amide bonds. The Morgan fingerprint density at radius 1 is 1.03 bits per heavy atom. The fourth-order valence-electron chi connectivity index (χ4n) is 2.95. The van der Waals surface area contributed by atoms with Gasteiger partial charge in [-0.05, 0) is 49.2 Å². The molecule has 0 bridgehead atoms. The van der Waals surface area contributed by atoms with Crippen molar-refractivity contribution in [2.75, 3.05) is 0 Å². The monoisotopic (exact) mass is 391 g/mol. The third-order valence-electron chi connectivity index (χ3n) is 4.66. The van der Waals surface area contributed by atoms with Gasteiger partial charge in [-0.3, -0.25) is 19.2 Å². The number of amides is 2. The SMILES string of the molecule is CCc1cc(C(=O)N(Cc2ccc(Oc3ccc(C)cc3)cc2)C(C)=O)n(C)n1. The van der Waals surface area contributed by atoms with Gasteiger partial charge >= 0.3 is 0 Å². The standard InChI is InChI=1S/C23H25N3O3/c1-5-19-14-22(25(4)24-19)23(28)26(17(3)27)15-18-8-12-21(13-9-18)29-20-10-6-16(2)7-11-20/h6-14H,5,15H2,1-4H3. The van der Waals surface area contributed by atoms with E-state index in [0.29, 0.717) is 11.4 Å². The van der Waals surface area contributed by atoms with Gasteiger partial charge in [0.05, 0.1) is 12.2 Å². The summed E-state index contributed by atoms with van der Waals surface area (Å²) in [6.07, 6.45) is 0.726. The van der Waals surface area contributed by atoms with E-state index in [2.05, 4.69) is 5.10 Å². The number of ether oxygens (including phenoxy) is 1. The van der Waals surface area contributed by atoms with Crippen molar-refractivity contribution in [3.63, 3.8) is 0 Å². The summed E-state index contributed by atoms with van der Waals surface area (Å²) in [5.41, 5.74) is 3.22. The van der Waals surface area contributed by atoms with E-state index in [9.17, 15) is 9.59 Å². The van der Waals surface area contributed by atoms with Gasteiger partial charge in [0.1, 0.15) is 17.2 Å². The smallest absolute Gasteiger partial charge is 0.279 e. The fourth-order valence-corrected chi connectivity index (χ4v) is 2.95. The van der Waals surface area contributed by atoms with Crippen molar-refractivity contribution in [3.8, 4) is 11.5 Å². The molecule has 0 aliphatic heterocycles. The maximum absolute atomic E-state index is 12.9. The molecule has 3 aromatic rings. The minimum Gasteiger partial charge on any atom is -0.457 e. The highest BCUT2D eigenvalue weighted by Gasteiger charge is 2.23. The molecular weight excluding hydrogens is 366 g/mol. The summed E-state index contributed by atoms with van der Waals surface area (Å²) in [4.78, 5) is 26.3. The van der Waals surface area contributed by atoms with Crippen LogP contribution in [0, 0.1) is 6.92 Å². The lowest BCUT2D eigenvalue weighted by Crippen LogP contribution is -2.35. The van der Waals surface area contributed by atoms with Crippen LogP contribution in [0.25, 0.3) is 0 Å². The Morgan fingerprint density at radius 2 is 1.62 bits per heavy atom. The molecular formula is C23H25N3O3. The molecule has 0 spiro atoms. The molecule has 29 heavy (non-hydrogen) atoms. The molecule has 0 radical (unpaired) electrons. The van der Waals surface area contributed by atoms with Gasteiger partial charge in [-0.25, -0.2) is 0 Å². The van der Waals surface area contributed by atoms with E-state index in [1.807, 2.05) is 62.4 Å². The van der Waals surface area contributed by atoms with Crippen LogP contribution >= 0.6 is 0 Å². The first kappa shape index (κ1) is 20.3. The largest absolute Gasteiger partial charge is 0.457 e. The first-order chi connectivity index (χ1) is 13.9. The summed E-state index contributed by atoms with van der Waals surface area (Å²) >= 11 is 0. The quantitative estimate of drug-likeness (QED) is 0.629. The van der Waals surface area contributed by atoms with Crippen molar-refractivity contribution >= 4 is 11.8 Å². The minimum atomic E-state index is -0.354. The van der Waals surface area contributed by atoms with Crippen LogP contribution in [0.5, 0.6) is 11.5 Å². The van der Waals surface area contributed by atoms with Crippen LogP contribution in [0.1, 0.15) is 41.2 Å². The summed E-state index contributed by atoms with van der Waals surface area (Å²) in [6.45, 7) is 5.57. The molecule has 150 valence electrons. The van der Waals surface area contributed by atoms with Crippen molar-refractivity contribution in [2.24, 2.45) is 7.05 Å². The highest BCUT2D eigenvalue weighted by atomic mass is 16.5. The molecule has 0 aliphatic carbocycles. The molecule has 0 saturated heterocycles. The zero-order valence-electron chi connectivity index (χ0n) is 17.2. The number of nitrogens with zero attached hydrogens (tertiary/aromatic N) is 3. The number of hydrogen-bond donors (Lipinski definition) is 0. The van der Waals surface area contributed by atoms with Gasteiger partial charge in [0, 0.05) is 14.0 Å². The van der Waals surface area contributed by atoms with E-state index in [-0.39, 0.29) is 18.4 Å². The van der Waals surface area contributed by atoms with Crippen LogP contribution < -0.4 is 4.74 Å². The maximum Gasteiger partial charge on any atom is 0.279 e. The highest BCUT2D eigenvalue weighted by molar-refractivity contribution is 6.03. The molecule has 0 aliphatic rings. The molecule has 0 unspecified atom stereocenters. The average molecular weight is 391 g/mol. The number of benzene rings is 2. The van der Waals surface area contributed by atoms with E-state index >= 15 is 0 Å². The van der Waals surface area contributed by atoms with Crippen LogP contribution in [0.4, 0.5) is 0 Å². The lowest BCUT2D eigenvalue weighted by Gasteiger charge is -2.19. The Balaban J connectivity index is 1.73. The predicted octanol–water partition coefficient (Wildman–Crippen LogP) is 4.27. The second-order valence-electron chi connectivity index (χ2n) is 6.97. The van der Waals surface area contributed by atoms with Gasteiger partial charge < -0.3 is 4.74 Å². The van der Waals surface area contributed by atoms with Crippen molar-refractivity contribution in [1.82, 2.24) is 14.7 Å². The lowest BCUT2D eigenvalue weighted by atomic mass is 10.2. The number of hydrogen-bond acceptors (Lipinski definition) is 4. The molecule has 0 saturated carbocycles. The molecule has 0 N–H and O–H groups in total. The van der Waals surface area contributed by atoms with Crippen LogP contribution in [0.3, 0.4) is 0 Å². The molecule has 6 nitrogen and oxygen atoms in total. The average Bonchev–Trinajstić information content (AvgIpc) is 3.09. The Morgan fingerprint density at radius 3 is 2.14 bits per heavy atom. The molecule has 1 heterocycles. The Bertz CT molecular complexity index is 1000. The van der Waals surface area contributed by atoms with E-state index in [1.165, 1.54) is 22.1 Å². The Labute approximate surface area is 170 Å². The number of carbonyl (C=O) groups is 2. The summed E-state index contributed by atoms with van der Waals surface area (Å²) in [5, 5.41) is 4.30. The zero-order chi connectivity index (χ0) is 21.0. The van der Waals surface area contributed by atoms with E-state index in [1.54, 1.807) is 13.1 Å². The first-order valence-corrected chi connectivity index (χ1v) is 9.56. The molecule has 3 rings (SSSR count). The van der Waals surface area contributed by atoms with Crippen LogP contribution in [-0.2, 0) is 24.8 Å². The molecule has 2 aromatic carbocycles. The molecule has 1 aromatic heterocycles. The normalized spacial score (nSPS) is 10.6. The van der Waals surface area contributed by atoms with Gasteiger partial charge in [-0.15, -0.1) is 0 Å². The summed E-state index contributed by atoms with van der Waals surface area (Å²) in [5.74, 6) is 0.783. The van der Waals surface area contributed by atoms with E-state index in [4.69, 9.17) is 4.74 Å². The minimum absolute atomic E-state index is 0.186. The second kappa shape index (κ2) is 8.73. The summed E-state index contributed by atoms with van der Waals surface area (Å²) in [7, 11) is 1.71. The fraction of sp³-hybridized carbons (Fsp3) is 0.261. The molecule has 0 fully saturated rings. The topological polar surface area (TPSA) is 64.4 Å². The third kappa shape index (κ3) is 4.90. The van der Waals surface area contributed by atoms with Crippen molar-refractivity contribution in [3.05, 3.63) is 77.1 Å². The Kier molecular flexibility index (Phi) is 6.12. The van der Waals surface area contributed by atoms with Gasteiger partial charge in [0.2, 0.25) is 5.91 Å². The van der Waals surface area contributed by atoms with Gasteiger partial charge in [0.15, 0.2) is 0 Å². The third-order valence-corrected chi connectivity index (χ3v) is 4.66. The second-order valence-corrected chi connectivity index (χ2v) is 6.97. The van der Waals surface area contributed by atoms with Gasteiger partial charge in [0.25, 0.3) is 5.91 Å². The van der Waals surface area contributed by atoms with Crippen molar-refractivity contribution < 1.29 is 14.3 Å². The van der Waals surface area contributed by atoms with E-state index in [0.717, 1.165) is 23.4 Å². The molecule has 6 heteroatoms. The number of carbonyl (C=O) groups excluding carboxylic acids is 2. The van der Waals surface area contributed by atoms with Crippen molar-refractivity contribution in [2.45, 2.75) is 33.7 Å². The molecule has 0 atom stereocenters. The number of imide groups is 1. The number of rotatable bonds is 6. The van der Waals surface area contributed by atoms with Crippen molar-refractivity contribution in [1.29, 1.82) is 0 Å². The van der Waals surface area contributed by atoms with E-state index < -0.39 is 0 Å². The highest BCUT2D eigenvalue weighted by Crippen LogP contribution is 2.22. The number of aryl methyl sites for hydroxylation is 3.